The van der Waals surface area contributed by atoms with Gasteiger partial charge in [-0.1, -0.05) is 29.8 Å². The molecule has 2 aliphatic rings. The van der Waals surface area contributed by atoms with Crippen molar-refractivity contribution in [1.82, 2.24) is 0 Å². The molecule has 0 saturated carbocycles. The summed E-state index contributed by atoms with van der Waals surface area (Å²) in [4.78, 5) is 0. The van der Waals surface area contributed by atoms with Crippen molar-refractivity contribution in [3.05, 3.63) is 58.6 Å². The summed E-state index contributed by atoms with van der Waals surface area (Å²) in [5.74, 6) is 1.30. The number of hydrogen-bond donors (Lipinski definition) is 1. The van der Waals surface area contributed by atoms with Crippen molar-refractivity contribution in [2.24, 2.45) is 5.92 Å². The molecular formula is C19H20ClNO2. The van der Waals surface area contributed by atoms with E-state index in [1.807, 2.05) is 30.3 Å². The number of rotatable bonds is 2. The van der Waals surface area contributed by atoms with Gasteiger partial charge in [0.2, 0.25) is 0 Å². The molecule has 120 valence electrons. The van der Waals surface area contributed by atoms with Crippen molar-refractivity contribution in [1.29, 1.82) is 0 Å². The molecule has 0 spiro atoms. The normalized spacial score (nSPS) is 25.9. The van der Waals surface area contributed by atoms with E-state index in [1.165, 1.54) is 11.1 Å². The number of halogens is 1. The van der Waals surface area contributed by atoms with Gasteiger partial charge in [0.1, 0.15) is 5.75 Å². The molecule has 3 atom stereocenters. The third-order valence-corrected chi connectivity index (χ3v) is 5.14. The molecule has 1 fully saturated rings. The van der Waals surface area contributed by atoms with E-state index in [9.17, 15) is 0 Å². The first-order valence-electron chi connectivity index (χ1n) is 8.08. The molecule has 2 aromatic carbocycles. The number of para-hydroxylation sites is 1. The van der Waals surface area contributed by atoms with E-state index in [4.69, 9.17) is 21.1 Å². The lowest BCUT2D eigenvalue weighted by Gasteiger charge is -2.43. The lowest BCUT2D eigenvalue weighted by Crippen LogP contribution is -2.36. The Balaban J connectivity index is 1.80. The Kier molecular flexibility index (Phi) is 3.92. The minimum Gasteiger partial charge on any atom is -0.496 e. The maximum atomic E-state index is 6.21. The summed E-state index contributed by atoms with van der Waals surface area (Å²) in [5, 5.41) is 4.45. The molecule has 2 heterocycles. The van der Waals surface area contributed by atoms with Crippen LogP contribution in [0.1, 0.15) is 36.1 Å². The van der Waals surface area contributed by atoms with Crippen molar-refractivity contribution >= 4 is 17.3 Å². The summed E-state index contributed by atoms with van der Waals surface area (Å²) in [6.07, 6.45) is 2.31. The monoisotopic (exact) mass is 329 g/mol. The van der Waals surface area contributed by atoms with Gasteiger partial charge in [0.15, 0.2) is 0 Å². The highest BCUT2D eigenvalue weighted by molar-refractivity contribution is 6.30. The minimum absolute atomic E-state index is 0.0913. The van der Waals surface area contributed by atoms with Crippen LogP contribution in [0.25, 0.3) is 0 Å². The number of benzene rings is 2. The van der Waals surface area contributed by atoms with E-state index in [0.29, 0.717) is 5.92 Å². The van der Waals surface area contributed by atoms with Crippen LogP contribution in [-0.2, 0) is 4.74 Å². The van der Waals surface area contributed by atoms with Gasteiger partial charge in [0.05, 0.1) is 19.3 Å². The molecule has 0 bridgehead atoms. The third-order valence-electron chi connectivity index (χ3n) is 4.90. The van der Waals surface area contributed by atoms with E-state index < -0.39 is 0 Å². The summed E-state index contributed by atoms with van der Waals surface area (Å²) in [5.41, 5.74) is 3.47. The smallest absolute Gasteiger partial charge is 0.124 e. The van der Waals surface area contributed by atoms with Gasteiger partial charge in [-0.05, 0) is 37.1 Å². The van der Waals surface area contributed by atoms with Gasteiger partial charge in [0, 0.05) is 34.4 Å². The van der Waals surface area contributed by atoms with Crippen molar-refractivity contribution in [2.45, 2.75) is 25.0 Å². The maximum absolute atomic E-state index is 6.21. The molecule has 4 rings (SSSR count). The van der Waals surface area contributed by atoms with Crippen LogP contribution in [0.4, 0.5) is 5.69 Å². The highest BCUT2D eigenvalue weighted by Gasteiger charge is 2.40. The first-order chi connectivity index (χ1) is 11.3. The van der Waals surface area contributed by atoms with Crippen LogP contribution < -0.4 is 10.1 Å². The van der Waals surface area contributed by atoms with Crippen molar-refractivity contribution < 1.29 is 9.47 Å². The highest BCUT2D eigenvalue weighted by Crippen LogP contribution is 2.50. The molecule has 1 saturated heterocycles. The Morgan fingerprint density at radius 1 is 1.17 bits per heavy atom. The summed E-state index contributed by atoms with van der Waals surface area (Å²) in [7, 11) is 1.73. The van der Waals surface area contributed by atoms with Crippen LogP contribution in [0.5, 0.6) is 5.75 Å². The number of nitrogens with one attached hydrogen (secondary N) is 1. The molecule has 0 aromatic heterocycles. The quantitative estimate of drug-likeness (QED) is 0.842. The molecule has 23 heavy (non-hydrogen) atoms. The summed E-state index contributed by atoms with van der Waals surface area (Å²) in [6, 6.07) is 14.4. The van der Waals surface area contributed by atoms with Crippen molar-refractivity contribution in [2.75, 3.05) is 19.0 Å². The first-order valence-corrected chi connectivity index (χ1v) is 8.46. The van der Waals surface area contributed by atoms with Gasteiger partial charge in [-0.3, -0.25) is 0 Å². The van der Waals surface area contributed by atoms with Gasteiger partial charge < -0.3 is 14.8 Å². The highest BCUT2D eigenvalue weighted by atomic mass is 35.5. The van der Waals surface area contributed by atoms with Crippen molar-refractivity contribution in [3.8, 4) is 5.75 Å². The molecule has 1 N–H and O–H groups in total. The molecule has 0 aliphatic carbocycles. The average molecular weight is 330 g/mol. The van der Waals surface area contributed by atoms with Crippen LogP contribution in [0.15, 0.2) is 42.5 Å². The second-order valence-corrected chi connectivity index (χ2v) is 6.63. The average Bonchev–Trinajstić information content (AvgIpc) is 2.61. The van der Waals surface area contributed by atoms with Gasteiger partial charge in [-0.25, -0.2) is 0 Å². The zero-order chi connectivity index (χ0) is 15.8. The SMILES string of the molecule is COc1ccccc1[C@@H]1Nc2ccc(Cl)cc2[C@H]2OCCC[C@H]21. The second kappa shape index (κ2) is 6.06. The third kappa shape index (κ3) is 2.58. The molecule has 3 nitrogen and oxygen atoms in total. The molecule has 0 amide bonds. The Hall–Kier alpha value is -1.71. The topological polar surface area (TPSA) is 30.5 Å². The Morgan fingerprint density at radius 3 is 2.91 bits per heavy atom. The zero-order valence-electron chi connectivity index (χ0n) is 13.1. The number of hydrogen-bond acceptors (Lipinski definition) is 3. The molecule has 0 radical (unpaired) electrons. The van der Waals surface area contributed by atoms with Crippen LogP contribution in [0, 0.1) is 5.92 Å². The van der Waals surface area contributed by atoms with E-state index in [1.54, 1.807) is 7.11 Å². The fourth-order valence-electron chi connectivity index (χ4n) is 3.87. The largest absolute Gasteiger partial charge is 0.496 e. The Morgan fingerprint density at radius 2 is 2.04 bits per heavy atom. The Labute approximate surface area is 141 Å². The van der Waals surface area contributed by atoms with E-state index in [0.717, 1.165) is 35.9 Å². The van der Waals surface area contributed by atoms with E-state index in [-0.39, 0.29) is 12.1 Å². The number of methoxy groups -OCH3 is 1. The molecule has 2 aromatic rings. The summed E-state index contributed by atoms with van der Waals surface area (Å²) >= 11 is 6.21. The number of fused-ring (bicyclic) bond motifs is 3. The lowest BCUT2D eigenvalue weighted by molar-refractivity contribution is -0.0383. The molecule has 4 heteroatoms. The van der Waals surface area contributed by atoms with Gasteiger partial charge in [-0.15, -0.1) is 0 Å². The standard InChI is InChI=1S/C19H20ClNO2/c1-22-17-7-3-2-5-13(17)18-14-6-4-10-23-19(14)15-11-12(20)8-9-16(15)21-18/h2-3,5,7-9,11,14,18-19,21H,4,6,10H2,1H3/t14-,18-,19-/m0/s1. The molecule has 2 aliphatic heterocycles. The lowest BCUT2D eigenvalue weighted by atomic mass is 9.77. The van der Waals surface area contributed by atoms with Crippen LogP contribution in [-0.4, -0.2) is 13.7 Å². The van der Waals surface area contributed by atoms with E-state index in [2.05, 4.69) is 17.4 Å². The van der Waals surface area contributed by atoms with Crippen LogP contribution >= 0.6 is 11.6 Å². The van der Waals surface area contributed by atoms with E-state index >= 15 is 0 Å². The Bertz CT molecular complexity index is 718. The second-order valence-electron chi connectivity index (χ2n) is 6.19. The van der Waals surface area contributed by atoms with Gasteiger partial charge in [0.25, 0.3) is 0 Å². The maximum Gasteiger partial charge on any atom is 0.124 e. The predicted molar refractivity (Wildman–Crippen MR) is 92.2 cm³/mol. The van der Waals surface area contributed by atoms with Gasteiger partial charge >= 0.3 is 0 Å². The van der Waals surface area contributed by atoms with Crippen LogP contribution in [0.2, 0.25) is 5.02 Å². The number of anilines is 1. The van der Waals surface area contributed by atoms with Crippen molar-refractivity contribution in [3.63, 3.8) is 0 Å². The first kappa shape index (κ1) is 14.9. The molecular weight excluding hydrogens is 310 g/mol. The molecule has 0 unspecified atom stereocenters. The minimum atomic E-state index is 0.0913. The fourth-order valence-corrected chi connectivity index (χ4v) is 4.05. The fraction of sp³-hybridized carbons (Fsp3) is 0.368. The van der Waals surface area contributed by atoms with Gasteiger partial charge in [-0.2, -0.15) is 0 Å². The summed E-state index contributed by atoms with van der Waals surface area (Å²) < 4.78 is 11.7. The van der Waals surface area contributed by atoms with Crippen LogP contribution in [0.3, 0.4) is 0 Å². The summed E-state index contributed by atoms with van der Waals surface area (Å²) in [6.45, 7) is 0.811. The predicted octanol–water partition coefficient (Wildman–Crippen LogP) is 4.98. The zero-order valence-corrected chi connectivity index (χ0v) is 13.8. The number of ether oxygens (including phenoxy) is 2.